The summed E-state index contributed by atoms with van der Waals surface area (Å²) in [5.41, 5.74) is 1.92. The van der Waals surface area contributed by atoms with E-state index in [1.54, 1.807) is 24.5 Å². The second-order valence-corrected chi connectivity index (χ2v) is 6.33. The van der Waals surface area contributed by atoms with Gasteiger partial charge in [0.15, 0.2) is 23.0 Å². The molecule has 3 aromatic rings. The van der Waals surface area contributed by atoms with Gasteiger partial charge in [0.2, 0.25) is 0 Å². The number of hydrogen-bond donors (Lipinski definition) is 1. The molecule has 27 heavy (non-hydrogen) atoms. The van der Waals surface area contributed by atoms with Gasteiger partial charge < -0.3 is 19.3 Å². The molecule has 0 unspecified atom stereocenters. The van der Waals surface area contributed by atoms with Gasteiger partial charge in [0.1, 0.15) is 13.2 Å². The van der Waals surface area contributed by atoms with Gasteiger partial charge in [-0.05, 0) is 36.2 Å². The molecule has 2 aromatic heterocycles. The third kappa shape index (κ3) is 3.88. The molecule has 0 saturated carbocycles. The fraction of sp³-hybridized carbons (Fsp3) is 0.211. The lowest BCUT2D eigenvalue weighted by Gasteiger charge is -2.20. The van der Waals surface area contributed by atoms with Crippen LogP contribution in [-0.4, -0.2) is 35.8 Å². The lowest BCUT2D eigenvalue weighted by Crippen LogP contribution is -2.26. The van der Waals surface area contributed by atoms with Crippen LogP contribution in [0, 0.1) is 0 Å². The highest BCUT2D eigenvalue weighted by molar-refractivity contribution is 6.32. The van der Waals surface area contributed by atoms with Crippen LogP contribution in [0.25, 0.3) is 11.3 Å². The molecule has 0 radical (unpaired) electrons. The van der Waals surface area contributed by atoms with Gasteiger partial charge in [0.05, 0.1) is 5.02 Å². The van der Waals surface area contributed by atoms with Crippen molar-refractivity contribution in [1.29, 1.82) is 0 Å². The molecule has 1 aliphatic heterocycles. The summed E-state index contributed by atoms with van der Waals surface area (Å²) in [5, 5.41) is 7.14. The highest BCUT2D eigenvalue weighted by atomic mass is 35.5. The van der Waals surface area contributed by atoms with Gasteiger partial charge in [-0.25, -0.2) is 0 Å². The van der Waals surface area contributed by atoms with Gasteiger partial charge in [-0.2, -0.15) is 0 Å². The largest absolute Gasteiger partial charge is 0.486 e. The molecule has 4 rings (SSSR count). The van der Waals surface area contributed by atoms with Crippen molar-refractivity contribution in [3.8, 4) is 22.8 Å². The zero-order valence-electron chi connectivity index (χ0n) is 14.3. The first-order chi connectivity index (χ1) is 13.2. The Balaban J connectivity index is 1.36. The quantitative estimate of drug-likeness (QED) is 0.726. The second-order valence-electron chi connectivity index (χ2n) is 5.93. The van der Waals surface area contributed by atoms with Gasteiger partial charge in [-0.1, -0.05) is 16.8 Å². The first-order valence-electron chi connectivity index (χ1n) is 8.44. The highest BCUT2D eigenvalue weighted by Crippen LogP contribution is 2.38. The molecular weight excluding hydrogens is 370 g/mol. The summed E-state index contributed by atoms with van der Waals surface area (Å²) in [6, 6.07) is 8.91. The number of nitrogens with zero attached hydrogens (tertiary/aromatic N) is 2. The van der Waals surface area contributed by atoms with E-state index in [-0.39, 0.29) is 11.6 Å². The van der Waals surface area contributed by atoms with Crippen LogP contribution in [0.2, 0.25) is 5.02 Å². The van der Waals surface area contributed by atoms with Crippen LogP contribution in [0.1, 0.15) is 16.1 Å². The second kappa shape index (κ2) is 7.67. The smallest absolute Gasteiger partial charge is 0.273 e. The fourth-order valence-corrected chi connectivity index (χ4v) is 3.03. The number of benzene rings is 1. The number of pyridine rings is 1. The number of fused-ring (bicyclic) bond motifs is 1. The van der Waals surface area contributed by atoms with E-state index in [2.05, 4.69) is 15.5 Å². The predicted molar refractivity (Wildman–Crippen MR) is 98.2 cm³/mol. The van der Waals surface area contributed by atoms with Crippen LogP contribution in [0.3, 0.4) is 0 Å². The molecule has 0 aliphatic carbocycles. The summed E-state index contributed by atoms with van der Waals surface area (Å²) in [7, 11) is 0. The molecule has 0 saturated heterocycles. The minimum absolute atomic E-state index is 0.217. The number of rotatable bonds is 5. The van der Waals surface area contributed by atoms with Gasteiger partial charge in [-0.15, -0.1) is 0 Å². The van der Waals surface area contributed by atoms with Crippen molar-refractivity contribution in [1.82, 2.24) is 15.5 Å². The van der Waals surface area contributed by atoms with E-state index in [9.17, 15) is 4.79 Å². The Kier molecular flexibility index (Phi) is 4.93. The van der Waals surface area contributed by atoms with Crippen molar-refractivity contribution in [2.24, 2.45) is 0 Å². The van der Waals surface area contributed by atoms with Crippen molar-refractivity contribution in [3.05, 3.63) is 59.0 Å². The molecule has 0 fully saturated rings. The molecule has 0 atom stereocenters. The summed E-state index contributed by atoms with van der Waals surface area (Å²) in [5.74, 6) is 1.39. The molecular formula is C19H16ClN3O4. The summed E-state index contributed by atoms with van der Waals surface area (Å²) in [6.45, 7) is 1.40. The summed E-state index contributed by atoms with van der Waals surface area (Å²) in [6.07, 6.45) is 3.90. The molecule has 0 bridgehead atoms. The zero-order valence-corrected chi connectivity index (χ0v) is 15.0. The van der Waals surface area contributed by atoms with Gasteiger partial charge in [-0.3, -0.25) is 9.78 Å². The van der Waals surface area contributed by atoms with Crippen molar-refractivity contribution in [2.75, 3.05) is 19.8 Å². The van der Waals surface area contributed by atoms with Gasteiger partial charge in [0, 0.05) is 30.6 Å². The average molecular weight is 386 g/mol. The molecule has 7 nitrogen and oxygen atoms in total. The molecule has 1 N–H and O–H groups in total. The molecule has 1 amide bonds. The molecule has 1 aromatic carbocycles. The number of carbonyl (C=O) groups is 1. The number of ether oxygens (including phenoxy) is 2. The Labute approximate surface area is 160 Å². The van der Waals surface area contributed by atoms with E-state index in [1.165, 1.54) is 0 Å². The van der Waals surface area contributed by atoms with E-state index in [0.717, 1.165) is 11.1 Å². The lowest BCUT2D eigenvalue weighted by atomic mass is 10.1. The van der Waals surface area contributed by atoms with Crippen molar-refractivity contribution >= 4 is 17.5 Å². The van der Waals surface area contributed by atoms with E-state index in [4.69, 9.17) is 25.6 Å². The predicted octanol–water partition coefficient (Wildman–Crippen LogP) is 3.13. The zero-order chi connectivity index (χ0) is 18.6. The monoisotopic (exact) mass is 385 g/mol. The van der Waals surface area contributed by atoms with Gasteiger partial charge >= 0.3 is 0 Å². The number of amides is 1. The fourth-order valence-electron chi connectivity index (χ4n) is 2.75. The first kappa shape index (κ1) is 17.4. The number of hydrogen-bond acceptors (Lipinski definition) is 6. The molecule has 3 heterocycles. The maximum Gasteiger partial charge on any atom is 0.273 e. The van der Waals surface area contributed by atoms with Crippen molar-refractivity contribution < 1.29 is 18.8 Å². The van der Waals surface area contributed by atoms with E-state index in [0.29, 0.717) is 48.5 Å². The van der Waals surface area contributed by atoms with Crippen molar-refractivity contribution in [2.45, 2.75) is 6.42 Å². The maximum absolute atomic E-state index is 12.3. The van der Waals surface area contributed by atoms with Crippen LogP contribution in [-0.2, 0) is 6.42 Å². The summed E-state index contributed by atoms with van der Waals surface area (Å²) in [4.78, 5) is 16.3. The molecule has 8 heteroatoms. The summed E-state index contributed by atoms with van der Waals surface area (Å²) >= 11 is 6.23. The highest BCUT2D eigenvalue weighted by Gasteiger charge is 2.17. The molecule has 138 valence electrons. The Morgan fingerprint density at radius 2 is 2.11 bits per heavy atom. The normalized spacial score (nSPS) is 12.6. The minimum atomic E-state index is -0.308. The molecule has 0 spiro atoms. The van der Waals surface area contributed by atoms with Crippen LogP contribution in [0.5, 0.6) is 11.5 Å². The molecule has 1 aliphatic rings. The minimum Gasteiger partial charge on any atom is -0.486 e. The van der Waals surface area contributed by atoms with E-state index in [1.807, 2.05) is 18.2 Å². The number of halogens is 1. The topological polar surface area (TPSA) is 86.5 Å². The number of nitrogens with one attached hydrogen (secondary N) is 1. The Hall–Kier alpha value is -3.06. The Morgan fingerprint density at radius 3 is 2.96 bits per heavy atom. The van der Waals surface area contributed by atoms with Gasteiger partial charge in [0.25, 0.3) is 5.91 Å². The van der Waals surface area contributed by atoms with Crippen molar-refractivity contribution in [3.63, 3.8) is 0 Å². The lowest BCUT2D eigenvalue weighted by molar-refractivity contribution is 0.0945. The summed E-state index contributed by atoms with van der Waals surface area (Å²) < 4.78 is 16.3. The Bertz CT molecular complexity index is 959. The maximum atomic E-state index is 12.3. The van der Waals surface area contributed by atoms with Crippen LogP contribution in [0.4, 0.5) is 0 Å². The van der Waals surface area contributed by atoms with Crippen LogP contribution >= 0.6 is 11.6 Å². The number of carbonyl (C=O) groups excluding carboxylic acids is 1. The SMILES string of the molecule is O=C(NCCc1cc(Cl)c2c(c1)OCCO2)c1cc(-c2cccnc2)on1. The van der Waals surface area contributed by atoms with E-state index < -0.39 is 0 Å². The Morgan fingerprint density at radius 1 is 1.22 bits per heavy atom. The number of aromatic nitrogens is 2. The van der Waals surface area contributed by atoms with E-state index >= 15 is 0 Å². The average Bonchev–Trinajstić information content (AvgIpc) is 3.19. The third-order valence-electron chi connectivity index (χ3n) is 4.04. The van der Waals surface area contributed by atoms with Crippen LogP contribution in [0.15, 0.2) is 47.2 Å². The standard InChI is InChI=1S/C19H16ClN3O4/c20-14-8-12(9-17-18(14)26-7-6-25-17)3-5-22-19(24)15-10-16(27-23-15)13-2-1-4-21-11-13/h1-2,4,8-11H,3,5-7H2,(H,22,24). The van der Waals surface area contributed by atoms with Crippen LogP contribution < -0.4 is 14.8 Å². The third-order valence-corrected chi connectivity index (χ3v) is 4.33. The first-order valence-corrected chi connectivity index (χ1v) is 8.82.